The summed E-state index contributed by atoms with van der Waals surface area (Å²) in [5.74, 6) is 1.66. The number of fused-ring (bicyclic) bond motifs is 3. The van der Waals surface area contributed by atoms with Crippen molar-refractivity contribution < 1.29 is 13.5 Å². The molecular weight excluding hydrogens is 517 g/mol. The van der Waals surface area contributed by atoms with Crippen LogP contribution in [0.3, 0.4) is 0 Å². The molecule has 6 heterocycles. The molecule has 0 spiro atoms. The molecule has 0 radical (unpaired) electrons. The third kappa shape index (κ3) is 4.47. The number of nitrogens with zero attached hydrogens (tertiary/aromatic N) is 9. The minimum atomic E-state index is -0.307. The van der Waals surface area contributed by atoms with Crippen molar-refractivity contribution in [2.45, 2.75) is 13.2 Å². The maximum Gasteiger partial charge on any atom is 0.223 e. The number of halogens is 1. The minimum Gasteiger partial charge on any atom is -0.486 e. The fourth-order valence-corrected chi connectivity index (χ4v) is 5.01. The van der Waals surface area contributed by atoms with Crippen LogP contribution in [0.25, 0.3) is 28.1 Å². The molecule has 5 aromatic heterocycles. The van der Waals surface area contributed by atoms with Crippen molar-refractivity contribution in [1.29, 1.82) is 0 Å². The van der Waals surface area contributed by atoms with E-state index in [1.54, 1.807) is 29.2 Å². The van der Waals surface area contributed by atoms with Gasteiger partial charge < -0.3 is 29.3 Å². The molecule has 40 heavy (non-hydrogen) atoms. The second kappa shape index (κ2) is 9.96. The highest BCUT2D eigenvalue weighted by Crippen LogP contribution is 2.27. The van der Waals surface area contributed by atoms with Gasteiger partial charge in [0, 0.05) is 45.3 Å². The number of hydrogen-bond acceptors (Lipinski definition) is 10. The lowest BCUT2D eigenvalue weighted by atomic mass is 10.2. The molecule has 7 rings (SSSR count). The summed E-state index contributed by atoms with van der Waals surface area (Å²) >= 11 is 0. The Morgan fingerprint density at radius 2 is 2.00 bits per heavy atom. The smallest absolute Gasteiger partial charge is 0.223 e. The van der Waals surface area contributed by atoms with Gasteiger partial charge in [0.05, 0.1) is 18.3 Å². The monoisotopic (exact) mass is 543 g/mol. The quantitative estimate of drug-likeness (QED) is 0.294. The van der Waals surface area contributed by atoms with Gasteiger partial charge >= 0.3 is 0 Å². The Balaban J connectivity index is 0.984. The summed E-state index contributed by atoms with van der Waals surface area (Å²) in [6.07, 6.45) is 4.87. The van der Waals surface area contributed by atoms with Gasteiger partial charge in [-0.05, 0) is 30.3 Å². The van der Waals surface area contributed by atoms with Crippen LogP contribution in [-0.4, -0.2) is 77.0 Å². The SMILES string of the molecule is Nc1nc2c(ncn2CCN2CCN(c3ccc(OCc4nnc[nH]4)cc3F)CC2)c2cc(-c3ccco3)nn12. The van der Waals surface area contributed by atoms with E-state index in [0.29, 0.717) is 40.9 Å². The molecule has 1 aromatic carbocycles. The Hall–Kier alpha value is -4.98. The third-order valence-corrected chi connectivity index (χ3v) is 7.11. The third-order valence-electron chi connectivity index (χ3n) is 7.11. The highest BCUT2D eigenvalue weighted by molar-refractivity contribution is 5.90. The average molecular weight is 544 g/mol. The van der Waals surface area contributed by atoms with E-state index in [0.717, 1.165) is 43.8 Å². The molecule has 0 unspecified atom stereocenters. The number of hydrogen-bond donors (Lipinski definition) is 2. The predicted molar refractivity (Wildman–Crippen MR) is 144 cm³/mol. The van der Waals surface area contributed by atoms with Crippen molar-refractivity contribution in [2.24, 2.45) is 0 Å². The zero-order chi connectivity index (χ0) is 27.1. The number of furan rings is 1. The van der Waals surface area contributed by atoms with Crippen LogP contribution in [0, 0.1) is 5.82 Å². The molecule has 1 fully saturated rings. The van der Waals surface area contributed by atoms with Crippen LogP contribution in [-0.2, 0) is 13.2 Å². The summed E-state index contributed by atoms with van der Waals surface area (Å²) < 4.78 is 29.6. The van der Waals surface area contributed by atoms with Crippen LogP contribution in [0.2, 0.25) is 0 Å². The summed E-state index contributed by atoms with van der Waals surface area (Å²) in [5.41, 5.74) is 9.70. The molecule has 0 saturated carbocycles. The summed E-state index contributed by atoms with van der Waals surface area (Å²) in [6.45, 7) is 4.76. The molecule has 6 aromatic rings. The largest absolute Gasteiger partial charge is 0.486 e. The molecular formula is C26H26FN11O2. The summed E-state index contributed by atoms with van der Waals surface area (Å²) in [6, 6.07) is 10.5. The molecule has 204 valence electrons. The van der Waals surface area contributed by atoms with E-state index < -0.39 is 0 Å². The van der Waals surface area contributed by atoms with Crippen molar-refractivity contribution in [3.05, 3.63) is 67.0 Å². The summed E-state index contributed by atoms with van der Waals surface area (Å²) in [5, 5.41) is 12.1. The van der Waals surface area contributed by atoms with E-state index in [4.69, 9.17) is 14.9 Å². The summed E-state index contributed by atoms with van der Waals surface area (Å²) in [4.78, 5) is 16.5. The first-order valence-electron chi connectivity index (χ1n) is 12.9. The Bertz CT molecular complexity index is 1750. The fourth-order valence-electron chi connectivity index (χ4n) is 5.01. The van der Waals surface area contributed by atoms with Crippen molar-refractivity contribution in [1.82, 2.24) is 44.2 Å². The first-order chi connectivity index (χ1) is 19.6. The Labute approximate surface area is 227 Å². The van der Waals surface area contributed by atoms with Gasteiger partial charge in [-0.25, -0.2) is 9.37 Å². The van der Waals surface area contributed by atoms with Crippen molar-refractivity contribution in [3.8, 4) is 17.2 Å². The average Bonchev–Trinajstić information content (AvgIpc) is 3.78. The first-order valence-corrected chi connectivity index (χ1v) is 12.9. The number of nitrogens with one attached hydrogen (secondary N) is 1. The Morgan fingerprint density at radius 3 is 2.77 bits per heavy atom. The minimum absolute atomic E-state index is 0.200. The topological polar surface area (TPSA) is 144 Å². The lowest BCUT2D eigenvalue weighted by Crippen LogP contribution is -2.47. The van der Waals surface area contributed by atoms with Gasteiger partial charge in [0.1, 0.15) is 41.2 Å². The van der Waals surface area contributed by atoms with E-state index in [9.17, 15) is 4.39 Å². The second-order valence-electron chi connectivity index (χ2n) is 9.55. The van der Waals surface area contributed by atoms with E-state index in [2.05, 4.69) is 40.0 Å². The van der Waals surface area contributed by atoms with Crippen LogP contribution in [0.4, 0.5) is 16.0 Å². The molecule has 1 saturated heterocycles. The molecule has 0 aliphatic carbocycles. The molecule has 0 atom stereocenters. The molecule has 14 heteroatoms. The van der Waals surface area contributed by atoms with Gasteiger partial charge in [-0.1, -0.05) is 0 Å². The molecule has 13 nitrogen and oxygen atoms in total. The number of H-pyrrole nitrogens is 1. The maximum atomic E-state index is 14.9. The van der Waals surface area contributed by atoms with E-state index >= 15 is 0 Å². The van der Waals surface area contributed by atoms with Crippen LogP contribution in [0.15, 0.2) is 59.7 Å². The molecule has 1 aliphatic rings. The second-order valence-corrected chi connectivity index (χ2v) is 9.55. The number of anilines is 2. The zero-order valence-electron chi connectivity index (χ0n) is 21.4. The fraction of sp³-hybridized carbons (Fsp3) is 0.269. The lowest BCUT2D eigenvalue weighted by molar-refractivity contribution is 0.248. The molecule has 1 aliphatic heterocycles. The highest BCUT2D eigenvalue weighted by atomic mass is 19.1. The molecule has 0 bridgehead atoms. The van der Waals surface area contributed by atoms with Gasteiger partial charge in [0.2, 0.25) is 5.95 Å². The number of aromatic amines is 1. The number of aromatic nitrogens is 8. The number of nitrogens with two attached hydrogens (primary N) is 1. The maximum absolute atomic E-state index is 14.9. The van der Waals surface area contributed by atoms with Crippen LogP contribution < -0.4 is 15.4 Å². The number of ether oxygens (including phenoxy) is 1. The first kappa shape index (κ1) is 24.1. The van der Waals surface area contributed by atoms with E-state index in [1.807, 2.05) is 22.8 Å². The van der Waals surface area contributed by atoms with Crippen molar-refractivity contribution in [2.75, 3.05) is 43.4 Å². The van der Waals surface area contributed by atoms with E-state index in [-0.39, 0.29) is 18.4 Å². The Kier molecular flexibility index (Phi) is 6.00. The normalized spacial score (nSPS) is 14.5. The molecule has 0 amide bonds. The standard InChI is InChI=1S/C26H26FN11O2/c27-18-12-17(40-14-23-29-15-31-33-23)3-4-20(18)36-8-5-35(6-9-36)7-10-37-16-30-24-21-13-19(22-2-1-11-39-22)34-38(21)26(28)32-25(24)37/h1-4,11-13,15-16H,5-10,14H2,(H2,28,32)(H,29,31,33). The Morgan fingerprint density at radius 1 is 1.10 bits per heavy atom. The molecule has 3 N–H and O–H groups in total. The number of rotatable bonds is 8. The van der Waals surface area contributed by atoms with Crippen molar-refractivity contribution in [3.63, 3.8) is 0 Å². The number of imidazole rings is 1. The van der Waals surface area contributed by atoms with Crippen LogP contribution in [0.1, 0.15) is 5.82 Å². The number of benzene rings is 1. The number of nitrogen functional groups attached to an aromatic ring is 1. The lowest BCUT2D eigenvalue weighted by Gasteiger charge is -2.36. The van der Waals surface area contributed by atoms with Gasteiger partial charge in [-0.3, -0.25) is 4.90 Å². The number of piperazine rings is 1. The van der Waals surface area contributed by atoms with Crippen LogP contribution >= 0.6 is 0 Å². The van der Waals surface area contributed by atoms with Gasteiger partial charge in [0.25, 0.3) is 0 Å². The van der Waals surface area contributed by atoms with Crippen LogP contribution in [0.5, 0.6) is 5.75 Å². The zero-order valence-corrected chi connectivity index (χ0v) is 21.4. The predicted octanol–water partition coefficient (Wildman–Crippen LogP) is 2.58. The van der Waals surface area contributed by atoms with Gasteiger partial charge in [0.15, 0.2) is 17.2 Å². The van der Waals surface area contributed by atoms with E-state index in [1.165, 1.54) is 12.4 Å². The van der Waals surface area contributed by atoms with Gasteiger partial charge in [-0.15, -0.1) is 10.2 Å². The van der Waals surface area contributed by atoms with Gasteiger partial charge in [-0.2, -0.15) is 14.6 Å². The van der Waals surface area contributed by atoms with Crippen molar-refractivity contribution >= 4 is 28.3 Å². The highest BCUT2D eigenvalue weighted by Gasteiger charge is 2.21. The summed E-state index contributed by atoms with van der Waals surface area (Å²) in [7, 11) is 0.